The van der Waals surface area contributed by atoms with E-state index in [-0.39, 0.29) is 13.2 Å². The average Bonchev–Trinajstić information content (AvgIpc) is 3.31. The Bertz CT molecular complexity index is 871. The molecule has 2 saturated heterocycles. The van der Waals surface area contributed by atoms with Crippen LogP contribution in [0.15, 0.2) is 54.6 Å². The predicted molar refractivity (Wildman–Crippen MR) is 103 cm³/mol. The Kier molecular flexibility index (Phi) is 5.78. The fourth-order valence-electron chi connectivity index (χ4n) is 3.58. The second kappa shape index (κ2) is 8.63. The first kappa shape index (κ1) is 19.4. The number of carbonyl (C=O) groups excluding carboxylic acids is 2. The SMILES string of the molecule is Cc1ccccc1C(=O)OC1COC2C(OC(=O)NCc3ccccc3)COC12. The summed E-state index contributed by atoms with van der Waals surface area (Å²) in [7, 11) is 0. The lowest BCUT2D eigenvalue weighted by Gasteiger charge is -2.18. The molecule has 2 aliphatic heterocycles. The summed E-state index contributed by atoms with van der Waals surface area (Å²) in [6, 6.07) is 16.8. The van der Waals surface area contributed by atoms with Crippen LogP contribution in [-0.2, 0) is 25.5 Å². The zero-order valence-electron chi connectivity index (χ0n) is 16.1. The van der Waals surface area contributed by atoms with E-state index < -0.39 is 36.5 Å². The molecule has 0 aliphatic carbocycles. The molecular formula is C22H23NO6. The third kappa shape index (κ3) is 4.41. The van der Waals surface area contributed by atoms with Crippen molar-refractivity contribution in [3.63, 3.8) is 0 Å². The molecule has 4 atom stereocenters. The standard InChI is InChI=1S/C22H23NO6/c1-14-7-5-6-10-16(14)21(24)28-17-12-26-20-18(13-27-19(17)20)29-22(25)23-11-15-8-3-2-4-9-15/h2-10,17-20H,11-13H2,1H3,(H,23,25). The minimum atomic E-state index is -0.544. The Hall–Kier alpha value is -2.90. The summed E-state index contributed by atoms with van der Waals surface area (Å²) in [4.78, 5) is 24.6. The van der Waals surface area contributed by atoms with Gasteiger partial charge in [-0.2, -0.15) is 0 Å². The van der Waals surface area contributed by atoms with Crippen molar-refractivity contribution < 1.29 is 28.5 Å². The first-order valence-corrected chi connectivity index (χ1v) is 9.60. The highest BCUT2D eigenvalue weighted by molar-refractivity contribution is 5.91. The van der Waals surface area contributed by atoms with Gasteiger partial charge in [0.25, 0.3) is 0 Å². The summed E-state index contributed by atoms with van der Waals surface area (Å²) in [5.41, 5.74) is 2.34. The highest BCUT2D eigenvalue weighted by Gasteiger charge is 2.51. The second-order valence-corrected chi connectivity index (χ2v) is 7.14. The maximum atomic E-state index is 12.5. The van der Waals surface area contributed by atoms with Gasteiger partial charge in [-0.05, 0) is 24.1 Å². The number of rotatable bonds is 5. The molecule has 152 valence electrons. The van der Waals surface area contributed by atoms with Crippen LogP contribution in [-0.4, -0.2) is 49.7 Å². The highest BCUT2D eigenvalue weighted by Crippen LogP contribution is 2.31. The number of fused-ring (bicyclic) bond motifs is 1. The van der Waals surface area contributed by atoms with Crippen LogP contribution in [0.2, 0.25) is 0 Å². The smallest absolute Gasteiger partial charge is 0.407 e. The molecule has 2 aromatic rings. The number of ether oxygens (including phenoxy) is 4. The van der Waals surface area contributed by atoms with Gasteiger partial charge in [0.15, 0.2) is 12.2 Å². The van der Waals surface area contributed by atoms with E-state index in [0.29, 0.717) is 12.1 Å². The van der Waals surface area contributed by atoms with Gasteiger partial charge in [0.1, 0.15) is 12.2 Å². The molecule has 4 unspecified atom stereocenters. The van der Waals surface area contributed by atoms with Gasteiger partial charge in [-0.25, -0.2) is 9.59 Å². The van der Waals surface area contributed by atoms with Crippen LogP contribution in [0.5, 0.6) is 0 Å². The number of hydrogen-bond donors (Lipinski definition) is 1. The summed E-state index contributed by atoms with van der Waals surface area (Å²) < 4.78 is 22.5. The number of hydrogen-bond acceptors (Lipinski definition) is 6. The molecule has 7 nitrogen and oxygen atoms in total. The van der Waals surface area contributed by atoms with Gasteiger partial charge in [0, 0.05) is 6.54 Å². The van der Waals surface area contributed by atoms with Gasteiger partial charge in [-0.1, -0.05) is 48.5 Å². The van der Waals surface area contributed by atoms with Crippen molar-refractivity contribution in [2.24, 2.45) is 0 Å². The molecule has 1 amide bonds. The van der Waals surface area contributed by atoms with E-state index in [1.165, 1.54) is 0 Å². The topological polar surface area (TPSA) is 83.1 Å². The van der Waals surface area contributed by atoms with Crippen LogP contribution in [0.3, 0.4) is 0 Å². The zero-order chi connectivity index (χ0) is 20.2. The number of aryl methyl sites for hydroxylation is 1. The van der Waals surface area contributed by atoms with Crippen LogP contribution in [0.1, 0.15) is 21.5 Å². The van der Waals surface area contributed by atoms with E-state index in [1.54, 1.807) is 12.1 Å². The van der Waals surface area contributed by atoms with E-state index >= 15 is 0 Å². The van der Waals surface area contributed by atoms with Gasteiger partial charge in [0.2, 0.25) is 0 Å². The van der Waals surface area contributed by atoms with Gasteiger partial charge in [-0.3, -0.25) is 0 Å². The van der Waals surface area contributed by atoms with Crippen molar-refractivity contribution in [3.8, 4) is 0 Å². The molecule has 2 aromatic carbocycles. The average molecular weight is 397 g/mol. The van der Waals surface area contributed by atoms with Crippen molar-refractivity contribution in [2.45, 2.75) is 37.9 Å². The summed E-state index contributed by atoms with van der Waals surface area (Å²) in [5, 5.41) is 2.72. The first-order valence-electron chi connectivity index (χ1n) is 9.60. The van der Waals surface area contributed by atoms with Crippen LogP contribution in [0.25, 0.3) is 0 Å². The lowest BCUT2D eigenvalue weighted by atomic mass is 10.1. The van der Waals surface area contributed by atoms with Gasteiger partial charge >= 0.3 is 12.1 Å². The molecule has 0 aromatic heterocycles. The van der Waals surface area contributed by atoms with Gasteiger partial charge in [-0.15, -0.1) is 0 Å². The molecule has 29 heavy (non-hydrogen) atoms. The number of carbonyl (C=O) groups is 2. The van der Waals surface area contributed by atoms with Crippen LogP contribution in [0.4, 0.5) is 4.79 Å². The second-order valence-electron chi connectivity index (χ2n) is 7.14. The zero-order valence-corrected chi connectivity index (χ0v) is 16.1. The van der Waals surface area contributed by atoms with Gasteiger partial charge < -0.3 is 24.3 Å². The lowest BCUT2D eigenvalue weighted by molar-refractivity contribution is -0.0232. The van der Waals surface area contributed by atoms with Crippen LogP contribution >= 0.6 is 0 Å². The molecule has 0 radical (unpaired) electrons. The van der Waals surface area contributed by atoms with Crippen molar-refractivity contribution in [1.82, 2.24) is 5.32 Å². The third-order valence-electron chi connectivity index (χ3n) is 5.12. The Balaban J connectivity index is 1.29. The van der Waals surface area contributed by atoms with Crippen molar-refractivity contribution in [3.05, 3.63) is 71.3 Å². The lowest BCUT2D eigenvalue weighted by Crippen LogP contribution is -2.38. The van der Waals surface area contributed by atoms with Crippen LogP contribution < -0.4 is 5.32 Å². The molecule has 2 heterocycles. The molecule has 1 N–H and O–H groups in total. The van der Waals surface area contributed by atoms with Crippen molar-refractivity contribution in [1.29, 1.82) is 0 Å². The van der Waals surface area contributed by atoms with E-state index in [0.717, 1.165) is 11.1 Å². The molecule has 0 saturated carbocycles. The number of benzene rings is 2. The quantitative estimate of drug-likeness (QED) is 0.781. The molecule has 7 heteroatoms. The summed E-state index contributed by atoms with van der Waals surface area (Å²) in [5.74, 6) is -0.411. The number of esters is 1. The van der Waals surface area contributed by atoms with Crippen molar-refractivity contribution >= 4 is 12.1 Å². The summed E-state index contributed by atoms with van der Waals surface area (Å²) >= 11 is 0. The minimum absolute atomic E-state index is 0.201. The summed E-state index contributed by atoms with van der Waals surface area (Å²) in [6.45, 7) is 2.64. The Labute approximate surface area is 168 Å². The van der Waals surface area contributed by atoms with E-state index in [1.807, 2.05) is 49.4 Å². The monoisotopic (exact) mass is 397 g/mol. The fraction of sp³-hybridized carbons (Fsp3) is 0.364. The summed E-state index contributed by atoms with van der Waals surface area (Å²) in [6.07, 6.45) is -2.51. The highest BCUT2D eigenvalue weighted by atomic mass is 16.7. The molecule has 2 fully saturated rings. The fourth-order valence-corrected chi connectivity index (χ4v) is 3.58. The Morgan fingerprint density at radius 1 is 0.931 bits per heavy atom. The molecule has 0 bridgehead atoms. The predicted octanol–water partition coefficient (Wildman–Crippen LogP) is 2.61. The molecule has 0 spiro atoms. The van der Waals surface area contributed by atoms with E-state index in [4.69, 9.17) is 18.9 Å². The molecule has 2 aliphatic rings. The van der Waals surface area contributed by atoms with Crippen LogP contribution in [0, 0.1) is 6.92 Å². The largest absolute Gasteiger partial charge is 0.453 e. The Morgan fingerprint density at radius 3 is 2.24 bits per heavy atom. The minimum Gasteiger partial charge on any atom is -0.453 e. The van der Waals surface area contributed by atoms with E-state index in [2.05, 4.69) is 5.32 Å². The normalized spacial score (nSPS) is 25.3. The van der Waals surface area contributed by atoms with Crippen molar-refractivity contribution in [2.75, 3.05) is 13.2 Å². The number of nitrogens with one attached hydrogen (secondary N) is 1. The molecular weight excluding hydrogens is 374 g/mol. The maximum absolute atomic E-state index is 12.5. The third-order valence-corrected chi connectivity index (χ3v) is 5.12. The first-order chi connectivity index (χ1) is 14.1. The maximum Gasteiger partial charge on any atom is 0.407 e. The van der Waals surface area contributed by atoms with E-state index in [9.17, 15) is 9.59 Å². The van der Waals surface area contributed by atoms with Gasteiger partial charge in [0.05, 0.1) is 18.8 Å². The number of amides is 1. The molecule has 4 rings (SSSR count). The number of alkyl carbamates (subject to hydrolysis) is 1. The Morgan fingerprint density at radius 2 is 1.55 bits per heavy atom.